The maximum Gasteiger partial charge on any atom is 0.246 e. The van der Waals surface area contributed by atoms with Gasteiger partial charge in [0.1, 0.15) is 6.61 Å². The van der Waals surface area contributed by atoms with E-state index in [-0.39, 0.29) is 30.7 Å². The molecular weight excluding hydrogens is 192 g/mol. The smallest absolute Gasteiger partial charge is 0.246 e. The number of nitrogens with two attached hydrogens (primary N) is 1. The van der Waals surface area contributed by atoms with Crippen molar-refractivity contribution in [2.24, 2.45) is 5.73 Å². The first-order valence-corrected chi connectivity index (χ1v) is 5.76. The molecule has 0 radical (unpaired) electrons. The molecule has 0 aromatic rings. The number of hydrogen-bond donors (Lipinski definition) is 2. The van der Waals surface area contributed by atoms with Crippen LogP contribution < -0.4 is 11.1 Å². The van der Waals surface area contributed by atoms with E-state index in [4.69, 9.17) is 10.5 Å². The molecule has 1 aliphatic rings. The molecule has 1 saturated carbocycles. The Hall–Kier alpha value is -0.610. The number of nitrogens with one attached hydrogen (secondary N) is 1. The third-order valence-corrected chi connectivity index (χ3v) is 2.71. The lowest BCUT2D eigenvalue weighted by atomic mass is 9.91. The van der Waals surface area contributed by atoms with Gasteiger partial charge in [-0.1, -0.05) is 12.8 Å². The SMILES string of the molecule is CC(C)OCC(=O)NC1CCCCC1N. The molecule has 1 aliphatic carbocycles. The van der Waals surface area contributed by atoms with Crippen molar-refractivity contribution in [1.29, 1.82) is 0 Å². The molecule has 1 fully saturated rings. The molecule has 15 heavy (non-hydrogen) atoms. The van der Waals surface area contributed by atoms with Gasteiger partial charge in [-0.15, -0.1) is 0 Å². The summed E-state index contributed by atoms with van der Waals surface area (Å²) in [5.74, 6) is -0.0500. The first-order valence-electron chi connectivity index (χ1n) is 5.76. The summed E-state index contributed by atoms with van der Waals surface area (Å²) < 4.78 is 5.23. The van der Waals surface area contributed by atoms with Gasteiger partial charge < -0.3 is 15.8 Å². The highest BCUT2D eigenvalue weighted by Crippen LogP contribution is 2.16. The highest BCUT2D eigenvalue weighted by atomic mass is 16.5. The van der Waals surface area contributed by atoms with Gasteiger partial charge in [-0.3, -0.25) is 4.79 Å². The Labute approximate surface area is 91.5 Å². The van der Waals surface area contributed by atoms with Crippen LogP contribution in [0.2, 0.25) is 0 Å². The third kappa shape index (κ3) is 4.62. The van der Waals surface area contributed by atoms with Gasteiger partial charge in [-0.05, 0) is 26.7 Å². The summed E-state index contributed by atoms with van der Waals surface area (Å²) in [5.41, 5.74) is 5.93. The van der Waals surface area contributed by atoms with Crippen molar-refractivity contribution >= 4 is 5.91 Å². The van der Waals surface area contributed by atoms with Crippen LogP contribution in [-0.4, -0.2) is 30.7 Å². The first-order chi connectivity index (χ1) is 7.09. The number of hydrogen-bond acceptors (Lipinski definition) is 3. The van der Waals surface area contributed by atoms with E-state index in [1.54, 1.807) is 0 Å². The zero-order valence-electron chi connectivity index (χ0n) is 9.66. The van der Waals surface area contributed by atoms with Crippen LogP contribution in [0.3, 0.4) is 0 Å². The van der Waals surface area contributed by atoms with Crippen LogP contribution in [0.4, 0.5) is 0 Å². The van der Waals surface area contributed by atoms with Crippen LogP contribution >= 0.6 is 0 Å². The van der Waals surface area contributed by atoms with Gasteiger partial charge in [-0.2, -0.15) is 0 Å². The molecule has 2 atom stereocenters. The summed E-state index contributed by atoms with van der Waals surface area (Å²) in [7, 11) is 0. The Morgan fingerprint density at radius 2 is 2.13 bits per heavy atom. The minimum atomic E-state index is -0.0500. The Balaban J connectivity index is 2.24. The molecule has 0 aliphatic heterocycles. The fourth-order valence-electron chi connectivity index (χ4n) is 1.83. The van der Waals surface area contributed by atoms with Crippen molar-refractivity contribution < 1.29 is 9.53 Å². The summed E-state index contributed by atoms with van der Waals surface area (Å²) in [5, 5.41) is 2.94. The zero-order valence-corrected chi connectivity index (χ0v) is 9.66. The molecule has 0 bridgehead atoms. The van der Waals surface area contributed by atoms with Crippen LogP contribution in [0, 0.1) is 0 Å². The summed E-state index contributed by atoms with van der Waals surface area (Å²) in [6.07, 6.45) is 4.43. The maximum atomic E-state index is 11.5. The van der Waals surface area contributed by atoms with Gasteiger partial charge in [0.25, 0.3) is 0 Å². The molecule has 88 valence electrons. The summed E-state index contributed by atoms with van der Waals surface area (Å²) in [6.45, 7) is 3.97. The molecule has 4 heteroatoms. The Kier molecular flexibility index (Phi) is 5.05. The predicted octanol–water partition coefficient (Wildman–Crippen LogP) is 0.797. The zero-order chi connectivity index (χ0) is 11.3. The van der Waals surface area contributed by atoms with E-state index in [1.807, 2.05) is 13.8 Å². The van der Waals surface area contributed by atoms with Crippen LogP contribution in [-0.2, 0) is 9.53 Å². The Bertz CT molecular complexity index is 207. The van der Waals surface area contributed by atoms with Crippen molar-refractivity contribution in [2.45, 2.75) is 57.7 Å². The molecule has 1 rings (SSSR count). The maximum absolute atomic E-state index is 11.5. The Morgan fingerprint density at radius 3 is 2.73 bits per heavy atom. The van der Waals surface area contributed by atoms with Crippen molar-refractivity contribution in [3.63, 3.8) is 0 Å². The molecule has 0 aromatic heterocycles. The molecule has 0 saturated heterocycles. The summed E-state index contributed by atoms with van der Waals surface area (Å²) in [6, 6.07) is 0.253. The summed E-state index contributed by atoms with van der Waals surface area (Å²) >= 11 is 0. The van der Waals surface area contributed by atoms with E-state index < -0.39 is 0 Å². The lowest BCUT2D eigenvalue weighted by Crippen LogP contribution is -2.50. The molecule has 4 nitrogen and oxygen atoms in total. The lowest BCUT2D eigenvalue weighted by Gasteiger charge is -2.29. The fourth-order valence-corrected chi connectivity index (χ4v) is 1.83. The average molecular weight is 214 g/mol. The molecule has 0 heterocycles. The van der Waals surface area contributed by atoms with Crippen molar-refractivity contribution in [1.82, 2.24) is 5.32 Å². The monoisotopic (exact) mass is 214 g/mol. The van der Waals surface area contributed by atoms with E-state index in [2.05, 4.69) is 5.32 Å². The molecule has 3 N–H and O–H groups in total. The molecular formula is C11H22N2O2. The quantitative estimate of drug-likeness (QED) is 0.727. The lowest BCUT2D eigenvalue weighted by molar-refractivity contribution is -0.128. The standard InChI is InChI=1S/C11H22N2O2/c1-8(2)15-7-11(14)13-10-6-4-3-5-9(10)12/h8-10H,3-7,12H2,1-2H3,(H,13,14). The van der Waals surface area contributed by atoms with Crippen molar-refractivity contribution in [3.05, 3.63) is 0 Å². The molecule has 1 amide bonds. The van der Waals surface area contributed by atoms with Crippen LogP contribution in [0.25, 0.3) is 0 Å². The van der Waals surface area contributed by atoms with Gasteiger partial charge in [0.05, 0.1) is 6.10 Å². The number of amides is 1. The van der Waals surface area contributed by atoms with Gasteiger partial charge in [0, 0.05) is 12.1 Å². The van der Waals surface area contributed by atoms with E-state index in [1.165, 1.54) is 6.42 Å². The first kappa shape index (κ1) is 12.5. The highest BCUT2D eigenvalue weighted by molar-refractivity contribution is 5.77. The normalized spacial score (nSPS) is 26.7. The van der Waals surface area contributed by atoms with Gasteiger partial charge in [0.15, 0.2) is 0 Å². The predicted molar refractivity (Wildman–Crippen MR) is 59.5 cm³/mol. The second kappa shape index (κ2) is 6.08. The number of carbonyl (C=O) groups is 1. The highest BCUT2D eigenvalue weighted by Gasteiger charge is 2.23. The van der Waals surface area contributed by atoms with Gasteiger partial charge in [-0.25, -0.2) is 0 Å². The second-order valence-electron chi connectivity index (χ2n) is 4.48. The minimum absolute atomic E-state index is 0.0500. The fraction of sp³-hybridized carbons (Fsp3) is 0.909. The van der Waals surface area contributed by atoms with Crippen LogP contribution in [0.5, 0.6) is 0 Å². The minimum Gasteiger partial charge on any atom is -0.369 e. The molecule has 2 unspecified atom stereocenters. The van der Waals surface area contributed by atoms with Gasteiger partial charge >= 0.3 is 0 Å². The van der Waals surface area contributed by atoms with E-state index in [0.717, 1.165) is 19.3 Å². The van der Waals surface area contributed by atoms with Crippen LogP contribution in [0.1, 0.15) is 39.5 Å². The topological polar surface area (TPSA) is 64.3 Å². The Morgan fingerprint density at radius 1 is 1.47 bits per heavy atom. The van der Waals surface area contributed by atoms with Crippen molar-refractivity contribution in [2.75, 3.05) is 6.61 Å². The number of rotatable bonds is 4. The molecule has 0 aromatic carbocycles. The second-order valence-corrected chi connectivity index (χ2v) is 4.48. The van der Waals surface area contributed by atoms with E-state index in [9.17, 15) is 4.79 Å². The summed E-state index contributed by atoms with van der Waals surface area (Å²) in [4.78, 5) is 11.5. The third-order valence-electron chi connectivity index (χ3n) is 2.71. The van der Waals surface area contributed by atoms with E-state index in [0.29, 0.717) is 0 Å². The van der Waals surface area contributed by atoms with Crippen LogP contribution in [0.15, 0.2) is 0 Å². The number of carbonyl (C=O) groups excluding carboxylic acids is 1. The molecule has 0 spiro atoms. The average Bonchev–Trinajstić information content (AvgIpc) is 2.18. The van der Waals surface area contributed by atoms with Crippen molar-refractivity contribution in [3.8, 4) is 0 Å². The number of ether oxygens (including phenoxy) is 1. The largest absolute Gasteiger partial charge is 0.369 e. The van der Waals surface area contributed by atoms with E-state index >= 15 is 0 Å². The van der Waals surface area contributed by atoms with Gasteiger partial charge in [0.2, 0.25) is 5.91 Å².